The Hall–Kier alpha value is -3.90. The first-order valence-electron chi connectivity index (χ1n) is 14.3. The van der Waals surface area contributed by atoms with E-state index in [0.29, 0.717) is 30.7 Å². The number of esters is 1. The van der Waals surface area contributed by atoms with Gasteiger partial charge in [-0.1, -0.05) is 38.1 Å². The Labute approximate surface area is 245 Å². The van der Waals surface area contributed by atoms with Crippen LogP contribution in [-0.2, 0) is 23.9 Å². The van der Waals surface area contributed by atoms with Gasteiger partial charge in [-0.25, -0.2) is 15.4 Å². The molecule has 42 heavy (non-hydrogen) atoms. The quantitative estimate of drug-likeness (QED) is 0.388. The van der Waals surface area contributed by atoms with Crippen LogP contribution in [0.15, 0.2) is 30.5 Å². The Morgan fingerprint density at radius 3 is 2.55 bits per heavy atom. The van der Waals surface area contributed by atoms with Gasteiger partial charge in [0.25, 0.3) is 5.91 Å². The summed E-state index contributed by atoms with van der Waals surface area (Å²) in [5.41, 5.74) is 2.89. The molecule has 0 radical (unpaired) electrons. The van der Waals surface area contributed by atoms with Crippen LogP contribution in [0.4, 0.5) is 0 Å². The summed E-state index contributed by atoms with van der Waals surface area (Å²) in [6, 6.07) is 2.81. The summed E-state index contributed by atoms with van der Waals surface area (Å²) < 4.78 is 5.68. The normalized spacial score (nSPS) is 29.6. The Bertz CT molecular complexity index is 1390. The molecule has 6 atom stereocenters. The molecule has 5 bridgehead atoms. The lowest BCUT2D eigenvalue weighted by Gasteiger charge is -2.35. The van der Waals surface area contributed by atoms with E-state index < -0.39 is 59.4 Å². The molecule has 1 aromatic heterocycles. The van der Waals surface area contributed by atoms with Gasteiger partial charge in [-0.15, -0.1) is 0 Å². The fourth-order valence-electron chi connectivity index (χ4n) is 4.88. The largest absolute Gasteiger partial charge is 0.453 e. The van der Waals surface area contributed by atoms with Gasteiger partial charge in [-0.3, -0.25) is 24.2 Å². The maximum Gasteiger partial charge on any atom is 0.325 e. The van der Waals surface area contributed by atoms with E-state index in [2.05, 4.69) is 26.0 Å². The molecule has 3 heterocycles. The number of fused-ring (bicyclic) bond motifs is 4. The first-order chi connectivity index (χ1) is 19.8. The van der Waals surface area contributed by atoms with E-state index in [1.165, 1.54) is 11.9 Å². The number of amides is 3. The number of rotatable bonds is 2. The Balaban J connectivity index is 1.75. The molecule has 1 saturated heterocycles. The van der Waals surface area contributed by atoms with Gasteiger partial charge in [0.2, 0.25) is 11.8 Å². The van der Waals surface area contributed by atoms with Gasteiger partial charge >= 0.3 is 5.97 Å². The van der Waals surface area contributed by atoms with E-state index in [0.717, 1.165) is 10.9 Å². The van der Waals surface area contributed by atoms with Crippen LogP contribution >= 0.6 is 0 Å². The number of aliphatic hydroxyl groups excluding tert-OH is 1. The SMILES string of the molecule is CC(C)[C@@H]1NC(=O)C(C)(C(C)O)/C=C/c2ccc3cnc(nc3c2)[C@@H](C)OC(=O)[C@@H]2CCCN(N2)C(=O)[C@H](C)NC1=O. The molecule has 1 aromatic carbocycles. The molecular weight excluding hydrogens is 540 g/mol. The summed E-state index contributed by atoms with van der Waals surface area (Å²) >= 11 is 0. The number of aliphatic hydroxyl groups is 1. The van der Waals surface area contributed by atoms with Crippen molar-refractivity contribution in [2.24, 2.45) is 11.3 Å². The summed E-state index contributed by atoms with van der Waals surface area (Å²) in [5.74, 6) is -2.05. The third-order valence-corrected chi connectivity index (χ3v) is 7.96. The van der Waals surface area contributed by atoms with Crippen LogP contribution < -0.4 is 16.1 Å². The average Bonchev–Trinajstić information content (AvgIpc) is 2.96. The predicted molar refractivity (Wildman–Crippen MR) is 155 cm³/mol. The average molecular weight is 581 g/mol. The minimum absolute atomic E-state index is 0.316. The lowest BCUT2D eigenvalue weighted by atomic mass is 9.82. The number of carbonyl (C=O) groups excluding carboxylic acids is 4. The van der Waals surface area contributed by atoms with E-state index in [4.69, 9.17) is 4.74 Å². The molecule has 2 aliphatic heterocycles. The molecule has 4 rings (SSSR count). The van der Waals surface area contributed by atoms with E-state index in [1.54, 1.807) is 53.0 Å². The molecule has 0 spiro atoms. The van der Waals surface area contributed by atoms with Gasteiger partial charge in [-0.05, 0) is 58.1 Å². The van der Waals surface area contributed by atoms with Gasteiger partial charge in [-0.2, -0.15) is 0 Å². The highest BCUT2D eigenvalue weighted by molar-refractivity contribution is 5.94. The second-order valence-electron chi connectivity index (χ2n) is 11.7. The van der Waals surface area contributed by atoms with Crippen LogP contribution in [0.25, 0.3) is 17.0 Å². The van der Waals surface area contributed by atoms with Gasteiger partial charge < -0.3 is 20.5 Å². The van der Waals surface area contributed by atoms with Gasteiger partial charge in [0.1, 0.15) is 18.1 Å². The summed E-state index contributed by atoms with van der Waals surface area (Å²) in [4.78, 5) is 62.1. The number of hydrazine groups is 1. The van der Waals surface area contributed by atoms with Crippen molar-refractivity contribution in [1.29, 1.82) is 0 Å². The fraction of sp³-hybridized carbons (Fsp3) is 0.533. The number of cyclic esters (lactones) is 1. The summed E-state index contributed by atoms with van der Waals surface area (Å²) in [5, 5.41) is 18.2. The van der Waals surface area contributed by atoms with Crippen LogP contribution in [0, 0.1) is 11.3 Å². The molecule has 1 fully saturated rings. The second-order valence-corrected chi connectivity index (χ2v) is 11.7. The number of hydrogen-bond acceptors (Lipinski definition) is 9. The Morgan fingerprint density at radius 1 is 1.12 bits per heavy atom. The second kappa shape index (κ2) is 12.5. The molecule has 12 nitrogen and oxygen atoms in total. The van der Waals surface area contributed by atoms with Gasteiger partial charge in [0.15, 0.2) is 11.9 Å². The van der Waals surface area contributed by atoms with Crippen LogP contribution in [0.2, 0.25) is 0 Å². The monoisotopic (exact) mass is 580 g/mol. The lowest BCUT2D eigenvalue weighted by molar-refractivity contribution is -0.157. The molecule has 2 unspecified atom stereocenters. The molecule has 2 aromatic rings. The summed E-state index contributed by atoms with van der Waals surface area (Å²) in [6.45, 7) is 10.2. The van der Waals surface area contributed by atoms with Crippen molar-refractivity contribution < 1.29 is 29.0 Å². The van der Waals surface area contributed by atoms with Crippen molar-refractivity contribution >= 4 is 40.7 Å². The number of aromatic nitrogens is 2. The predicted octanol–water partition coefficient (Wildman–Crippen LogP) is 1.79. The fourth-order valence-corrected chi connectivity index (χ4v) is 4.88. The third kappa shape index (κ3) is 6.60. The first-order valence-corrected chi connectivity index (χ1v) is 14.3. The Kier molecular flexibility index (Phi) is 9.27. The molecule has 3 amide bonds. The number of nitrogens with one attached hydrogen (secondary N) is 3. The zero-order valence-corrected chi connectivity index (χ0v) is 24.9. The highest BCUT2D eigenvalue weighted by Gasteiger charge is 2.39. The highest BCUT2D eigenvalue weighted by Crippen LogP contribution is 2.27. The maximum atomic E-state index is 13.6. The van der Waals surface area contributed by atoms with E-state index in [9.17, 15) is 24.3 Å². The van der Waals surface area contributed by atoms with E-state index in [-0.39, 0.29) is 5.92 Å². The summed E-state index contributed by atoms with van der Waals surface area (Å²) in [7, 11) is 0. The highest BCUT2D eigenvalue weighted by atomic mass is 16.5. The van der Waals surface area contributed by atoms with Crippen LogP contribution in [0.5, 0.6) is 0 Å². The molecular formula is C30H40N6O6. The first kappa shape index (κ1) is 31.0. The third-order valence-electron chi connectivity index (χ3n) is 7.96. The number of benzene rings is 1. The van der Waals surface area contributed by atoms with Crippen molar-refractivity contribution in [3.05, 3.63) is 41.9 Å². The molecule has 4 N–H and O–H groups in total. The number of carbonyl (C=O) groups is 4. The van der Waals surface area contributed by atoms with Crippen LogP contribution in [-0.4, -0.2) is 74.5 Å². The van der Waals surface area contributed by atoms with E-state index in [1.807, 2.05) is 18.2 Å². The van der Waals surface area contributed by atoms with Crippen molar-refractivity contribution in [3.8, 4) is 0 Å². The van der Waals surface area contributed by atoms with Crippen molar-refractivity contribution in [1.82, 2.24) is 31.0 Å². The van der Waals surface area contributed by atoms with E-state index >= 15 is 0 Å². The molecule has 0 aliphatic carbocycles. The zero-order valence-electron chi connectivity index (χ0n) is 24.9. The van der Waals surface area contributed by atoms with Crippen molar-refractivity contribution in [2.45, 2.75) is 84.7 Å². The van der Waals surface area contributed by atoms with Crippen LogP contribution in [0.3, 0.4) is 0 Å². The van der Waals surface area contributed by atoms with Crippen molar-refractivity contribution in [2.75, 3.05) is 6.54 Å². The molecule has 226 valence electrons. The number of hydrogen-bond donors (Lipinski definition) is 4. The van der Waals surface area contributed by atoms with Crippen LogP contribution in [0.1, 0.15) is 71.9 Å². The minimum atomic E-state index is -1.38. The molecule has 12 heteroatoms. The molecule has 2 aliphatic rings. The smallest absolute Gasteiger partial charge is 0.325 e. The van der Waals surface area contributed by atoms with Gasteiger partial charge in [0, 0.05) is 18.1 Å². The Morgan fingerprint density at radius 2 is 1.86 bits per heavy atom. The topological polar surface area (TPSA) is 163 Å². The molecule has 0 saturated carbocycles. The van der Waals surface area contributed by atoms with Gasteiger partial charge in [0.05, 0.1) is 17.0 Å². The number of nitrogens with zero attached hydrogens (tertiary/aromatic N) is 3. The number of ether oxygens (including phenoxy) is 1. The summed E-state index contributed by atoms with van der Waals surface area (Å²) in [6.07, 6.45) is 4.14. The van der Waals surface area contributed by atoms with Crippen molar-refractivity contribution in [3.63, 3.8) is 0 Å². The lowest BCUT2D eigenvalue weighted by Crippen LogP contribution is -2.61. The maximum absolute atomic E-state index is 13.6. The zero-order chi connectivity index (χ0) is 30.8. The minimum Gasteiger partial charge on any atom is -0.453 e. The standard InChI is InChI=1S/C30H40N6O6/c1-16(2)24-26(38)32-17(3)27(39)36-13-7-8-22(35-36)28(40)42-18(4)25-31-15-21-10-9-20(14-23(21)33-25)11-12-30(6,19(5)37)29(41)34-24/h9-12,14-19,22,24,35,37H,7-8,13H2,1-6H3,(H,32,38)(H,34,41)/b12-11+/t17-,18+,19?,22-,24-,30?/m0/s1.